The quantitative estimate of drug-likeness (QED) is 0.516. The van der Waals surface area contributed by atoms with Gasteiger partial charge in [0.15, 0.2) is 0 Å². The summed E-state index contributed by atoms with van der Waals surface area (Å²) in [7, 11) is 0. The Morgan fingerprint density at radius 1 is 1.60 bits per heavy atom. The lowest BCUT2D eigenvalue weighted by Crippen LogP contribution is -2.14. The summed E-state index contributed by atoms with van der Waals surface area (Å²) in [6.45, 7) is 2.12. The SMILES string of the molecule is CC1=CC2N=CSC2C=C1. The Morgan fingerprint density at radius 2 is 2.50 bits per heavy atom. The van der Waals surface area contributed by atoms with E-state index in [0.717, 1.165) is 0 Å². The maximum atomic E-state index is 4.32. The summed E-state index contributed by atoms with van der Waals surface area (Å²) in [5.41, 5.74) is 3.29. The zero-order valence-electron chi connectivity index (χ0n) is 5.82. The van der Waals surface area contributed by atoms with E-state index < -0.39 is 0 Å². The third kappa shape index (κ3) is 0.926. The molecule has 0 spiro atoms. The predicted molar refractivity (Wildman–Crippen MR) is 46.6 cm³/mol. The number of hydrogen-bond acceptors (Lipinski definition) is 2. The van der Waals surface area contributed by atoms with Crippen LogP contribution in [-0.2, 0) is 0 Å². The molecule has 2 rings (SSSR count). The second kappa shape index (κ2) is 2.27. The van der Waals surface area contributed by atoms with Crippen molar-refractivity contribution in [3.63, 3.8) is 0 Å². The van der Waals surface area contributed by atoms with Crippen LogP contribution in [0.5, 0.6) is 0 Å². The minimum Gasteiger partial charge on any atom is -0.277 e. The average molecular weight is 151 g/mol. The normalized spacial score (nSPS) is 35.9. The highest BCUT2D eigenvalue weighted by molar-refractivity contribution is 8.13. The van der Waals surface area contributed by atoms with Crippen molar-refractivity contribution in [2.24, 2.45) is 4.99 Å². The van der Waals surface area contributed by atoms with E-state index in [0.29, 0.717) is 11.3 Å². The monoisotopic (exact) mass is 151 g/mol. The first-order valence-corrected chi connectivity index (χ1v) is 4.34. The molecule has 10 heavy (non-hydrogen) atoms. The number of thioether (sulfide) groups is 1. The van der Waals surface area contributed by atoms with Crippen molar-refractivity contribution in [2.75, 3.05) is 0 Å². The third-order valence-electron chi connectivity index (χ3n) is 1.77. The van der Waals surface area contributed by atoms with Gasteiger partial charge in [-0.05, 0) is 6.92 Å². The minimum absolute atomic E-state index is 0.426. The summed E-state index contributed by atoms with van der Waals surface area (Å²) in [5.74, 6) is 0. The molecule has 0 aromatic rings. The summed E-state index contributed by atoms with van der Waals surface area (Å²) in [5, 5.41) is 0.587. The van der Waals surface area contributed by atoms with Gasteiger partial charge in [0.25, 0.3) is 0 Å². The predicted octanol–water partition coefficient (Wildman–Crippen LogP) is 2.01. The van der Waals surface area contributed by atoms with Crippen LogP contribution in [0, 0.1) is 0 Å². The highest BCUT2D eigenvalue weighted by Gasteiger charge is 2.22. The van der Waals surface area contributed by atoms with Gasteiger partial charge < -0.3 is 0 Å². The zero-order chi connectivity index (χ0) is 6.97. The molecule has 1 aliphatic heterocycles. The van der Waals surface area contributed by atoms with E-state index in [2.05, 4.69) is 30.1 Å². The van der Waals surface area contributed by atoms with Gasteiger partial charge in [0, 0.05) is 0 Å². The number of hydrogen-bond donors (Lipinski definition) is 0. The van der Waals surface area contributed by atoms with Gasteiger partial charge in [-0.25, -0.2) is 0 Å². The van der Waals surface area contributed by atoms with Crippen molar-refractivity contribution in [1.82, 2.24) is 0 Å². The van der Waals surface area contributed by atoms with Crippen LogP contribution in [0.3, 0.4) is 0 Å². The molecule has 0 fully saturated rings. The van der Waals surface area contributed by atoms with Gasteiger partial charge in [-0.1, -0.05) is 23.8 Å². The second-order valence-electron chi connectivity index (χ2n) is 2.62. The van der Waals surface area contributed by atoms with Crippen molar-refractivity contribution >= 4 is 17.3 Å². The zero-order valence-corrected chi connectivity index (χ0v) is 6.64. The van der Waals surface area contributed by atoms with Gasteiger partial charge in [-0.15, -0.1) is 11.8 Å². The molecule has 0 saturated heterocycles. The molecule has 0 N–H and O–H groups in total. The van der Waals surface area contributed by atoms with Crippen molar-refractivity contribution in [3.05, 3.63) is 23.8 Å². The van der Waals surface area contributed by atoms with Crippen LogP contribution in [0.15, 0.2) is 28.8 Å². The first-order valence-electron chi connectivity index (χ1n) is 3.40. The molecular weight excluding hydrogens is 142 g/mol. The summed E-state index contributed by atoms with van der Waals surface area (Å²) < 4.78 is 0. The van der Waals surface area contributed by atoms with Gasteiger partial charge in [-0.3, -0.25) is 4.99 Å². The lowest BCUT2D eigenvalue weighted by molar-refractivity contribution is 0.854. The lowest BCUT2D eigenvalue weighted by Gasteiger charge is -2.13. The number of aliphatic imine (C=N–C) groups is 1. The van der Waals surface area contributed by atoms with Crippen molar-refractivity contribution < 1.29 is 0 Å². The van der Waals surface area contributed by atoms with Crippen molar-refractivity contribution in [1.29, 1.82) is 0 Å². The molecule has 2 heteroatoms. The standard InChI is InChI=1S/C8H9NS/c1-6-2-3-8-7(4-6)9-5-10-8/h2-5,7-8H,1H3. The summed E-state index contributed by atoms with van der Waals surface area (Å²) >= 11 is 1.81. The van der Waals surface area contributed by atoms with E-state index in [1.807, 2.05) is 5.55 Å². The topological polar surface area (TPSA) is 12.4 Å². The van der Waals surface area contributed by atoms with E-state index in [9.17, 15) is 0 Å². The van der Waals surface area contributed by atoms with E-state index in [1.54, 1.807) is 11.8 Å². The van der Waals surface area contributed by atoms with Gasteiger partial charge in [0.1, 0.15) is 0 Å². The van der Waals surface area contributed by atoms with E-state index in [1.165, 1.54) is 5.57 Å². The Morgan fingerprint density at radius 3 is 3.40 bits per heavy atom. The van der Waals surface area contributed by atoms with E-state index in [4.69, 9.17) is 0 Å². The maximum absolute atomic E-state index is 4.32. The Hall–Kier alpha value is -0.500. The average Bonchev–Trinajstić information content (AvgIpc) is 2.33. The molecular formula is C8H9NS. The van der Waals surface area contributed by atoms with E-state index >= 15 is 0 Å². The first kappa shape index (κ1) is 6.23. The molecule has 1 heterocycles. The smallest absolute Gasteiger partial charge is 0.0849 e. The molecule has 0 bridgehead atoms. The van der Waals surface area contributed by atoms with Gasteiger partial charge in [-0.2, -0.15) is 0 Å². The molecule has 0 saturated carbocycles. The number of nitrogens with zero attached hydrogens (tertiary/aromatic N) is 1. The highest BCUT2D eigenvalue weighted by Crippen LogP contribution is 2.28. The molecule has 2 atom stereocenters. The third-order valence-corrected chi connectivity index (χ3v) is 2.76. The molecule has 0 radical (unpaired) electrons. The highest BCUT2D eigenvalue weighted by atomic mass is 32.2. The largest absolute Gasteiger partial charge is 0.277 e. The fraction of sp³-hybridized carbons (Fsp3) is 0.375. The van der Waals surface area contributed by atoms with Crippen molar-refractivity contribution in [2.45, 2.75) is 18.2 Å². The van der Waals surface area contributed by atoms with Crippen LogP contribution in [0.1, 0.15) is 6.92 Å². The lowest BCUT2D eigenvalue weighted by atomic mass is 10.0. The molecule has 2 aliphatic rings. The number of rotatable bonds is 0. The first-order chi connectivity index (χ1) is 4.86. The van der Waals surface area contributed by atoms with Crippen LogP contribution in [-0.4, -0.2) is 16.8 Å². The van der Waals surface area contributed by atoms with Crippen LogP contribution in [0.25, 0.3) is 0 Å². The molecule has 52 valence electrons. The summed E-state index contributed by atoms with van der Waals surface area (Å²) in [6.07, 6.45) is 6.63. The van der Waals surface area contributed by atoms with Crippen LogP contribution < -0.4 is 0 Å². The Bertz CT molecular complexity index is 227. The Kier molecular flexibility index (Phi) is 1.42. The fourth-order valence-electron chi connectivity index (χ4n) is 1.21. The number of fused-ring (bicyclic) bond motifs is 1. The Balaban J connectivity index is 2.26. The van der Waals surface area contributed by atoms with Gasteiger partial charge in [0.2, 0.25) is 0 Å². The molecule has 2 unspecified atom stereocenters. The molecule has 1 aliphatic carbocycles. The maximum Gasteiger partial charge on any atom is 0.0849 e. The van der Waals surface area contributed by atoms with Crippen LogP contribution in [0.4, 0.5) is 0 Å². The molecule has 0 amide bonds. The van der Waals surface area contributed by atoms with Crippen LogP contribution in [0.2, 0.25) is 0 Å². The van der Waals surface area contributed by atoms with Gasteiger partial charge in [0.05, 0.1) is 16.8 Å². The second-order valence-corrected chi connectivity index (χ2v) is 3.64. The van der Waals surface area contributed by atoms with Gasteiger partial charge >= 0.3 is 0 Å². The molecule has 1 nitrogen and oxygen atoms in total. The summed E-state index contributed by atoms with van der Waals surface area (Å²) in [6, 6.07) is 0.426. The van der Waals surface area contributed by atoms with E-state index in [-0.39, 0.29) is 0 Å². The fourth-order valence-corrected chi connectivity index (χ4v) is 2.04. The molecule has 0 aromatic carbocycles. The van der Waals surface area contributed by atoms with Crippen molar-refractivity contribution in [3.8, 4) is 0 Å². The molecule has 0 aromatic heterocycles. The Labute approximate surface area is 64.9 Å². The minimum atomic E-state index is 0.426. The summed E-state index contributed by atoms with van der Waals surface area (Å²) in [4.78, 5) is 4.32. The van der Waals surface area contributed by atoms with Crippen LogP contribution >= 0.6 is 11.8 Å². The number of allylic oxidation sites excluding steroid dienone is 2.